The van der Waals surface area contributed by atoms with E-state index in [2.05, 4.69) is 4.98 Å². The molecule has 4 heteroatoms. The van der Waals surface area contributed by atoms with Gasteiger partial charge < -0.3 is 9.30 Å². The molecular formula is C16H15N3O. The molecule has 1 amide bonds. The number of hydrogen-bond donors (Lipinski definition) is 0. The number of imidazole rings is 1. The molecule has 2 heterocycles. The monoisotopic (exact) mass is 265 g/mol. The Morgan fingerprint density at radius 3 is 2.85 bits per heavy atom. The van der Waals surface area contributed by atoms with Crippen molar-refractivity contribution in [2.24, 2.45) is 0 Å². The van der Waals surface area contributed by atoms with Gasteiger partial charge in [-0.05, 0) is 17.7 Å². The summed E-state index contributed by atoms with van der Waals surface area (Å²) in [6, 6.07) is 13.6. The number of pyridine rings is 1. The van der Waals surface area contributed by atoms with Crippen LogP contribution in [0.25, 0.3) is 5.52 Å². The molecule has 2 aromatic heterocycles. The van der Waals surface area contributed by atoms with Gasteiger partial charge >= 0.3 is 0 Å². The van der Waals surface area contributed by atoms with Gasteiger partial charge in [-0.2, -0.15) is 0 Å². The Kier molecular flexibility index (Phi) is 3.21. The molecule has 0 saturated heterocycles. The predicted octanol–water partition coefficient (Wildman–Crippen LogP) is 2.61. The van der Waals surface area contributed by atoms with Gasteiger partial charge in [0, 0.05) is 25.4 Å². The molecule has 0 atom stereocenters. The zero-order valence-electron chi connectivity index (χ0n) is 11.2. The van der Waals surface area contributed by atoms with Crippen molar-refractivity contribution < 1.29 is 4.79 Å². The number of benzene rings is 1. The molecular weight excluding hydrogens is 250 g/mol. The summed E-state index contributed by atoms with van der Waals surface area (Å²) in [6.45, 7) is 0.601. The van der Waals surface area contributed by atoms with Crippen LogP contribution in [0.5, 0.6) is 0 Å². The van der Waals surface area contributed by atoms with Crippen LogP contribution < -0.4 is 0 Å². The Hall–Kier alpha value is -2.62. The van der Waals surface area contributed by atoms with Gasteiger partial charge in [0.05, 0.1) is 18.0 Å². The van der Waals surface area contributed by atoms with Gasteiger partial charge in [-0.1, -0.05) is 30.3 Å². The molecule has 0 unspecified atom stereocenters. The minimum absolute atomic E-state index is 0.0116. The van der Waals surface area contributed by atoms with E-state index in [1.165, 1.54) is 0 Å². The lowest BCUT2D eigenvalue weighted by Gasteiger charge is -2.17. The lowest BCUT2D eigenvalue weighted by Crippen LogP contribution is -2.26. The molecule has 0 bridgehead atoms. The van der Waals surface area contributed by atoms with E-state index in [0.29, 0.717) is 12.1 Å². The van der Waals surface area contributed by atoms with Gasteiger partial charge in [0.15, 0.2) is 0 Å². The summed E-state index contributed by atoms with van der Waals surface area (Å²) in [5, 5.41) is 0. The lowest BCUT2D eigenvalue weighted by molar-refractivity contribution is 0.0785. The second kappa shape index (κ2) is 5.17. The molecule has 0 saturated carbocycles. The van der Waals surface area contributed by atoms with E-state index in [4.69, 9.17) is 0 Å². The first-order valence-corrected chi connectivity index (χ1v) is 6.45. The minimum atomic E-state index is 0.0116. The lowest BCUT2D eigenvalue weighted by atomic mass is 10.2. The number of hydrogen-bond acceptors (Lipinski definition) is 2. The molecule has 4 nitrogen and oxygen atoms in total. The van der Waals surface area contributed by atoms with Crippen LogP contribution in [0.1, 0.15) is 15.9 Å². The van der Waals surface area contributed by atoms with Gasteiger partial charge in [-0.25, -0.2) is 4.98 Å². The number of fused-ring (bicyclic) bond motifs is 1. The largest absolute Gasteiger partial charge is 0.337 e. The Morgan fingerprint density at radius 1 is 1.25 bits per heavy atom. The van der Waals surface area contributed by atoms with Crippen LogP contribution in [0, 0.1) is 0 Å². The van der Waals surface area contributed by atoms with Crippen molar-refractivity contribution in [2.45, 2.75) is 6.54 Å². The number of rotatable bonds is 3. The molecule has 20 heavy (non-hydrogen) atoms. The van der Waals surface area contributed by atoms with Crippen LogP contribution in [0.4, 0.5) is 0 Å². The highest BCUT2D eigenvalue weighted by molar-refractivity contribution is 5.95. The molecule has 100 valence electrons. The Balaban J connectivity index is 1.80. The van der Waals surface area contributed by atoms with Crippen molar-refractivity contribution in [3.63, 3.8) is 0 Å². The zero-order chi connectivity index (χ0) is 13.9. The van der Waals surface area contributed by atoms with Gasteiger partial charge in [-0.15, -0.1) is 0 Å². The summed E-state index contributed by atoms with van der Waals surface area (Å²) in [4.78, 5) is 18.2. The normalized spacial score (nSPS) is 10.7. The summed E-state index contributed by atoms with van der Waals surface area (Å²) in [5.41, 5.74) is 2.72. The average molecular weight is 265 g/mol. The maximum atomic E-state index is 12.4. The van der Waals surface area contributed by atoms with E-state index in [0.717, 1.165) is 11.1 Å². The quantitative estimate of drug-likeness (QED) is 0.730. The fraction of sp³-hybridized carbons (Fsp3) is 0.125. The van der Waals surface area contributed by atoms with Crippen molar-refractivity contribution in [1.82, 2.24) is 14.3 Å². The van der Waals surface area contributed by atoms with E-state index < -0.39 is 0 Å². The van der Waals surface area contributed by atoms with Gasteiger partial charge in [-0.3, -0.25) is 4.79 Å². The van der Waals surface area contributed by atoms with Crippen LogP contribution in [0.3, 0.4) is 0 Å². The molecule has 1 aromatic carbocycles. The Bertz CT molecular complexity index is 734. The SMILES string of the molecule is CN(Cc1ccccc1)C(=O)c1ccn2cncc2c1. The Labute approximate surface area is 117 Å². The van der Waals surface area contributed by atoms with Gasteiger partial charge in [0.1, 0.15) is 0 Å². The number of amides is 1. The highest BCUT2D eigenvalue weighted by atomic mass is 16.2. The van der Waals surface area contributed by atoms with Gasteiger partial charge in [0.2, 0.25) is 0 Å². The fourth-order valence-electron chi connectivity index (χ4n) is 2.20. The van der Waals surface area contributed by atoms with E-state index in [1.807, 2.05) is 60.1 Å². The van der Waals surface area contributed by atoms with Crippen molar-refractivity contribution in [2.75, 3.05) is 7.05 Å². The molecule has 0 aliphatic carbocycles. The Morgan fingerprint density at radius 2 is 2.05 bits per heavy atom. The van der Waals surface area contributed by atoms with Crippen LogP contribution in [0.2, 0.25) is 0 Å². The van der Waals surface area contributed by atoms with Crippen molar-refractivity contribution in [3.8, 4) is 0 Å². The van der Waals surface area contributed by atoms with E-state index in [-0.39, 0.29) is 5.91 Å². The molecule has 0 N–H and O–H groups in total. The minimum Gasteiger partial charge on any atom is -0.337 e. The molecule has 3 aromatic rings. The summed E-state index contributed by atoms with van der Waals surface area (Å²) in [5.74, 6) is 0.0116. The molecule has 0 radical (unpaired) electrons. The third kappa shape index (κ3) is 2.40. The second-order valence-electron chi connectivity index (χ2n) is 4.79. The van der Waals surface area contributed by atoms with Gasteiger partial charge in [0.25, 0.3) is 5.91 Å². The predicted molar refractivity (Wildman–Crippen MR) is 77.4 cm³/mol. The van der Waals surface area contributed by atoms with Crippen LogP contribution in [-0.2, 0) is 6.54 Å². The van der Waals surface area contributed by atoms with E-state index in [1.54, 1.807) is 17.4 Å². The number of carbonyl (C=O) groups excluding carboxylic acids is 1. The molecule has 0 spiro atoms. The standard InChI is InChI=1S/C16H15N3O/c1-18(11-13-5-3-2-4-6-13)16(20)14-7-8-19-12-17-10-15(19)9-14/h2-10,12H,11H2,1H3. The number of aromatic nitrogens is 2. The average Bonchev–Trinajstić information content (AvgIpc) is 2.94. The van der Waals surface area contributed by atoms with Crippen molar-refractivity contribution >= 4 is 11.4 Å². The highest BCUT2D eigenvalue weighted by Gasteiger charge is 2.12. The van der Waals surface area contributed by atoms with Crippen LogP contribution in [0.15, 0.2) is 61.2 Å². The molecule has 0 fully saturated rings. The summed E-state index contributed by atoms with van der Waals surface area (Å²) in [6.07, 6.45) is 5.32. The number of carbonyl (C=O) groups is 1. The maximum Gasteiger partial charge on any atom is 0.254 e. The number of nitrogens with zero attached hydrogens (tertiary/aromatic N) is 3. The summed E-state index contributed by atoms with van der Waals surface area (Å²) >= 11 is 0. The smallest absolute Gasteiger partial charge is 0.254 e. The summed E-state index contributed by atoms with van der Waals surface area (Å²) < 4.78 is 1.88. The zero-order valence-corrected chi connectivity index (χ0v) is 11.2. The first-order chi connectivity index (χ1) is 9.74. The second-order valence-corrected chi connectivity index (χ2v) is 4.79. The summed E-state index contributed by atoms with van der Waals surface area (Å²) in [7, 11) is 1.82. The third-order valence-electron chi connectivity index (χ3n) is 3.27. The fourth-order valence-corrected chi connectivity index (χ4v) is 2.20. The highest BCUT2D eigenvalue weighted by Crippen LogP contribution is 2.11. The first kappa shape index (κ1) is 12.4. The van der Waals surface area contributed by atoms with E-state index in [9.17, 15) is 4.79 Å². The third-order valence-corrected chi connectivity index (χ3v) is 3.27. The first-order valence-electron chi connectivity index (χ1n) is 6.45. The molecule has 0 aliphatic heterocycles. The van der Waals surface area contributed by atoms with Crippen molar-refractivity contribution in [3.05, 3.63) is 72.3 Å². The topological polar surface area (TPSA) is 37.6 Å². The van der Waals surface area contributed by atoms with E-state index >= 15 is 0 Å². The molecule has 3 rings (SSSR count). The van der Waals surface area contributed by atoms with Crippen molar-refractivity contribution in [1.29, 1.82) is 0 Å². The maximum absolute atomic E-state index is 12.4. The molecule has 0 aliphatic rings. The van der Waals surface area contributed by atoms with Crippen LogP contribution >= 0.6 is 0 Å². The van der Waals surface area contributed by atoms with Crippen LogP contribution in [-0.4, -0.2) is 27.2 Å².